The van der Waals surface area contributed by atoms with Crippen LogP contribution in [0.25, 0.3) is 6.08 Å². The predicted octanol–water partition coefficient (Wildman–Crippen LogP) is 4.27. The van der Waals surface area contributed by atoms with E-state index in [1.54, 1.807) is 19.3 Å². The van der Waals surface area contributed by atoms with Crippen molar-refractivity contribution in [3.05, 3.63) is 64.7 Å². The van der Waals surface area contributed by atoms with Crippen molar-refractivity contribution in [3.63, 3.8) is 0 Å². The van der Waals surface area contributed by atoms with E-state index in [2.05, 4.69) is 24.4 Å². The molecule has 0 aliphatic rings. The number of amides is 1. The van der Waals surface area contributed by atoms with Gasteiger partial charge in [0.2, 0.25) is 5.91 Å². The molecule has 2 aromatic carbocycles. The van der Waals surface area contributed by atoms with Crippen LogP contribution in [0, 0.1) is 20.8 Å². The van der Waals surface area contributed by atoms with Crippen LogP contribution in [-0.4, -0.2) is 13.0 Å². The maximum Gasteiger partial charge on any atom is 0.248 e. The van der Waals surface area contributed by atoms with Gasteiger partial charge in [-0.05, 0) is 55.7 Å². The standard InChI is InChI=1S/C19H21NO2/c1-13-11-14(2)19(15(3)12-13)20-18(21)10-7-16-5-8-17(22-4)9-6-16/h5-12H,1-4H3,(H,20,21)/b10-7-. The van der Waals surface area contributed by atoms with Gasteiger partial charge in [-0.1, -0.05) is 29.8 Å². The van der Waals surface area contributed by atoms with Crippen LogP contribution < -0.4 is 10.1 Å². The number of rotatable bonds is 4. The van der Waals surface area contributed by atoms with Crippen molar-refractivity contribution in [1.29, 1.82) is 0 Å². The number of hydrogen-bond acceptors (Lipinski definition) is 2. The molecule has 0 heterocycles. The topological polar surface area (TPSA) is 38.3 Å². The zero-order chi connectivity index (χ0) is 16.1. The Morgan fingerprint density at radius 1 is 1.05 bits per heavy atom. The van der Waals surface area contributed by atoms with Crippen LogP contribution in [0.4, 0.5) is 5.69 Å². The van der Waals surface area contributed by atoms with Crippen LogP contribution in [0.1, 0.15) is 22.3 Å². The first kappa shape index (κ1) is 15.8. The minimum atomic E-state index is -0.133. The van der Waals surface area contributed by atoms with Gasteiger partial charge >= 0.3 is 0 Å². The third kappa shape index (κ3) is 3.98. The summed E-state index contributed by atoms with van der Waals surface area (Å²) >= 11 is 0. The summed E-state index contributed by atoms with van der Waals surface area (Å²) in [5.41, 5.74) is 5.18. The molecule has 1 N–H and O–H groups in total. The second kappa shape index (κ2) is 6.94. The van der Waals surface area contributed by atoms with E-state index in [9.17, 15) is 4.79 Å². The van der Waals surface area contributed by atoms with Gasteiger partial charge in [0.25, 0.3) is 0 Å². The molecule has 1 amide bonds. The normalized spacial score (nSPS) is 10.7. The fourth-order valence-electron chi connectivity index (χ4n) is 2.43. The molecule has 0 atom stereocenters. The highest BCUT2D eigenvalue weighted by Gasteiger charge is 2.06. The molecule has 114 valence electrons. The van der Waals surface area contributed by atoms with E-state index < -0.39 is 0 Å². The first-order chi connectivity index (χ1) is 10.5. The van der Waals surface area contributed by atoms with Crippen molar-refractivity contribution in [1.82, 2.24) is 0 Å². The van der Waals surface area contributed by atoms with E-state index >= 15 is 0 Å². The smallest absolute Gasteiger partial charge is 0.248 e. The lowest BCUT2D eigenvalue weighted by Crippen LogP contribution is -2.10. The second-order valence-corrected chi connectivity index (χ2v) is 5.37. The lowest BCUT2D eigenvalue weighted by molar-refractivity contribution is -0.111. The number of carbonyl (C=O) groups excluding carboxylic acids is 1. The van der Waals surface area contributed by atoms with Crippen molar-refractivity contribution in [2.75, 3.05) is 12.4 Å². The van der Waals surface area contributed by atoms with E-state index in [0.717, 1.165) is 28.1 Å². The van der Waals surface area contributed by atoms with E-state index in [1.165, 1.54) is 5.56 Å². The molecule has 3 heteroatoms. The summed E-state index contributed by atoms with van der Waals surface area (Å²) in [7, 11) is 1.63. The number of carbonyl (C=O) groups is 1. The van der Waals surface area contributed by atoms with Gasteiger partial charge in [-0.2, -0.15) is 0 Å². The molecule has 0 saturated carbocycles. The van der Waals surface area contributed by atoms with Crippen molar-refractivity contribution in [2.24, 2.45) is 0 Å². The number of anilines is 1. The molecule has 0 saturated heterocycles. The summed E-state index contributed by atoms with van der Waals surface area (Å²) < 4.78 is 5.11. The Morgan fingerprint density at radius 3 is 2.18 bits per heavy atom. The van der Waals surface area contributed by atoms with E-state index in [-0.39, 0.29) is 5.91 Å². The van der Waals surface area contributed by atoms with Crippen LogP contribution in [-0.2, 0) is 4.79 Å². The summed E-state index contributed by atoms with van der Waals surface area (Å²) in [4.78, 5) is 12.1. The quantitative estimate of drug-likeness (QED) is 0.855. The van der Waals surface area contributed by atoms with Crippen LogP contribution in [0.15, 0.2) is 42.5 Å². The van der Waals surface area contributed by atoms with Crippen molar-refractivity contribution in [2.45, 2.75) is 20.8 Å². The minimum absolute atomic E-state index is 0.133. The van der Waals surface area contributed by atoms with Gasteiger partial charge < -0.3 is 10.1 Å². The maximum atomic E-state index is 12.1. The average Bonchev–Trinajstić information content (AvgIpc) is 2.49. The van der Waals surface area contributed by atoms with Gasteiger partial charge in [-0.25, -0.2) is 0 Å². The Kier molecular flexibility index (Phi) is 4.99. The molecule has 0 spiro atoms. The third-order valence-electron chi connectivity index (χ3n) is 3.47. The van der Waals surface area contributed by atoms with Crippen LogP contribution >= 0.6 is 0 Å². The number of benzene rings is 2. The molecule has 0 aromatic heterocycles. The number of aryl methyl sites for hydroxylation is 3. The first-order valence-corrected chi connectivity index (χ1v) is 7.20. The van der Waals surface area contributed by atoms with E-state index in [0.29, 0.717) is 0 Å². The molecule has 2 rings (SSSR count). The van der Waals surface area contributed by atoms with Gasteiger partial charge in [-0.15, -0.1) is 0 Å². The zero-order valence-corrected chi connectivity index (χ0v) is 13.4. The molecular formula is C19H21NO2. The molecule has 0 fully saturated rings. The lowest BCUT2D eigenvalue weighted by Gasteiger charge is -2.11. The molecular weight excluding hydrogens is 274 g/mol. The Balaban J connectivity index is 2.08. The van der Waals surface area contributed by atoms with Gasteiger partial charge in [0.05, 0.1) is 7.11 Å². The Bertz CT molecular complexity index is 677. The number of methoxy groups -OCH3 is 1. The monoisotopic (exact) mass is 295 g/mol. The molecule has 0 radical (unpaired) electrons. The zero-order valence-electron chi connectivity index (χ0n) is 13.4. The Labute approximate surface area is 131 Å². The summed E-state index contributed by atoms with van der Waals surface area (Å²) in [5.74, 6) is 0.665. The Hall–Kier alpha value is -2.55. The largest absolute Gasteiger partial charge is 0.497 e. The number of hydrogen-bond donors (Lipinski definition) is 1. The fraction of sp³-hybridized carbons (Fsp3) is 0.211. The van der Waals surface area contributed by atoms with Gasteiger partial charge in [-0.3, -0.25) is 4.79 Å². The molecule has 0 bridgehead atoms. The highest BCUT2D eigenvalue weighted by Crippen LogP contribution is 2.22. The number of nitrogens with one attached hydrogen (secondary N) is 1. The molecule has 0 aliphatic heterocycles. The summed E-state index contributed by atoms with van der Waals surface area (Å²) in [5, 5.41) is 2.95. The predicted molar refractivity (Wildman–Crippen MR) is 91.3 cm³/mol. The third-order valence-corrected chi connectivity index (χ3v) is 3.47. The fourth-order valence-corrected chi connectivity index (χ4v) is 2.43. The van der Waals surface area contributed by atoms with Crippen LogP contribution in [0.5, 0.6) is 5.75 Å². The van der Waals surface area contributed by atoms with E-state index in [1.807, 2.05) is 38.1 Å². The van der Waals surface area contributed by atoms with Crippen molar-refractivity contribution in [3.8, 4) is 5.75 Å². The number of ether oxygens (including phenoxy) is 1. The van der Waals surface area contributed by atoms with Gasteiger partial charge in [0.1, 0.15) is 5.75 Å². The van der Waals surface area contributed by atoms with Crippen molar-refractivity contribution >= 4 is 17.7 Å². The van der Waals surface area contributed by atoms with Crippen LogP contribution in [0.2, 0.25) is 0 Å². The molecule has 2 aromatic rings. The van der Waals surface area contributed by atoms with E-state index in [4.69, 9.17) is 4.74 Å². The highest BCUT2D eigenvalue weighted by molar-refractivity contribution is 6.02. The van der Waals surface area contributed by atoms with Crippen molar-refractivity contribution < 1.29 is 9.53 Å². The molecule has 0 unspecified atom stereocenters. The lowest BCUT2D eigenvalue weighted by atomic mass is 10.1. The minimum Gasteiger partial charge on any atom is -0.497 e. The maximum absolute atomic E-state index is 12.1. The summed E-state index contributed by atoms with van der Waals surface area (Å²) in [6.45, 7) is 6.06. The van der Waals surface area contributed by atoms with Gasteiger partial charge in [0.15, 0.2) is 0 Å². The molecule has 22 heavy (non-hydrogen) atoms. The summed E-state index contributed by atoms with van der Waals surface area (Å²) in [6, 6.07) is 11.7. The van der Waals surface area contributed by atoms with Gasteiger partial charge in [0, 0.05) is 11.8 Å². The van der Waals surface area contributed by atoms with Crippen LogP contribution in [0.3, 0.4) is 0 Å². The SMILES string of the molecule is COc1ccc(/C=C\C(=O)Nc2c(C)cc(C)cc2C)cc1. The second-order valence-electron chi connectivity index (χ2n) is 5.37. The Morgan fingerprint density at radius 2 is 1.64 bits per heavy atom. The molecule has 0 aliphatic carbocycles. The molecule has 3 nitrogen and oxygen atoms in total. The summed E-state index contributed by atoms with van der Waals surface area (Å²) in [6.07, 6.45) is 3.33. The first-order valence-electron chi connectivity index (χ1n) is 7.20. The highest BCUT2D eigenvalue weighted by atomic mass is 16.5. The average molecular weight is 295 g/mol.